The van der Waals surface area contributed by atoms with E-state index in [2.05, 4.69) is 22.5 Å². The number of amides is 1. The monoisotopic (exact) mass is 311 g/mol. The summed E-state index contributed by atoms with van der Waals surface area (Å²) in [5.41, 5.74) is 0.465. The maximum absolute atomic E-state index is 12.2. The summed E-state index contributed by atoms with van der Waals surface area (Å²) in [6.45, 7) is 5.60. The number of pyridine rings is 1. The van der Waals surface area contributed by atoms with Gasteiger partial charge < -0.3 is 15.4 Å². The maximum Gasteiger partial charge on any atom is 0.253 e. The number of carbonyl (C=O) groups is 1. The molecule has 1 aliphatic rings. The van der Waals surface area contributed by atoms with Gasteiger partial charge in [-0.25, -0.2) is 4.98 Å². The molecule has 21 heavy (non-hydrogen) atoms. The van der Waals surface area contributed by atoms with E-state index in [1.165, 1.54) is 0 Å². The van der Waals surface area contributed by atoms with Crippen molar-refractivity contribution in [3.05, 3.63) is 22.8 Å². The van der Waals surface area contributed by atoms with Gasteiger partial charge in [0.05, 0.1) is 22.7 Å². The molecule has 0 aromatic carbocycles. The van der Waals surface area contributed by atoms with Crippen LogP contribution in [0, 0.1) is 0 Å². The number of nitrogens with zero attached hydrogens (tertiary/aromatic N) is 1. The molecule has 1 amide bonds. The van der Waals surface area contributed by atoms with E-state index in [-0.39, 0.29) is 18.1 Å². The molecular formula is C15H22ClN3O2. The molecule has 1 aromatic rings. The fraction of sp³-hybridized carbons (Fsp3) is 0.600. The minimum Gasteiger partial charge on any atom is -0.376 e. The van der Waals surface area contributed by atoms with Crippen molar-refractivity contribution >= 4 is 23.3 Å². The zero-order valence-electron chi connectivity index (χ0n) is 12.5. The van der Waals surface area contributed by atoms with Crippen LogP contribution in [0.25, 0.3) is 0 Å². The highest BCUT2D eigenvalue weighted by Gasteiger charge is 2.24. The molecule has 1 saturated heterocycles. The summed E-state index contributed by atoms with van der Waals surface area (Å²) in [7, 11) is 0. The number of anilines is 1. The highest BCUT2D eigenvalue weighted by molar-refractivity contribution is 6.33. The number of hydrogen-bond acceptors (Lipinski definition) is 4. The average molecular weight is 312 g/mol. The second-order valence-corrected chi connectivity index (χ2v) is 5.70. The van der Waals surface area contributed by atoms with Crippen molar-refractivity contribution < 1.29 is 9.53 Å². The maximum atomic E-state index is 12.2. The number of rotatable bonds is 6. The number of halogens is 1. The zero-order valence-corrected chi connectivity index (χ0v) is 13.2. The minimum atomic E-state index is -0.172. The first-order valence-corrected chi connectivity index (χ1v) is 7.81. The third-order valence-corrected chi connectivity index (χ3v) is 3.82. The van der Waals surface area contributed by atoms with Crippen molar-refractivity contribution in [1.82, 2.24) is 10.3 Å². The van der Waals surface area contributed by atoms with Crippen molar-refractivity contribution in [2.24, 2.45) is 0 Å². The number of carbonyl (C=O) groups excluding carboxylic acids is 1. The molecule has 1 fully saturated rings. The summed E-state index contributed by atoms with van der Waals surface area (Å²) in [5, 5.41) is 6.52. The van der Waals surface area contributed by atoms with Gasteiger partial charge in [-0.3, -0.25) is 4.79 Å². The molecule has 0 spiro atoms. The van der Waals surface area contributed by atoms with Gasteiger partial charge in [-0.15, -0.1) is 0 Å². The largest absolute Gasteiger partial charge is 0.376 e. The molecule has 1 aromatic heterocycles. The van der Waals surface area contributed by atoms with Crippen LogP contribution in [-0.4, -0.2) is 36.2 Å². The van der Waals surface area contributed by atoms with Crippen LogP contribution in [0.2, 0.25) is 5.02 Å². The van der Waals surface area contributed by atoms with Crippen LogP contribution in [0.5, 0.6) is 0 Å². The van der Waals surface area contributed by atoms with Crippen LogP contribution in [0.4, 0.5) is 5.82 Å². The predicted molar refractivity (Wildman–Crippen MR) is 83.9 cm³/mol. The molecule has 2 rings (SSSR count). The van der Waals surface area contributed by atoms with E-state index >= 15 is 0 Å². The third-order valence-electron chi connectivity index (χ3n) is 3.53. The quantitative estimate of drug-likeness (QED) is 0.848. The van der Waals surface area contributed by atoms with Gasteiger partial charge in [-0.1, -0.05) is 18.5 Å². The molecule has 0 radical (unpaired) electrons. The molecule has 2 unspecified atom stereocenters. The fourth-order valence-corrected chi connectivity index (χ4v) is 2.55. The molecule has 2 heterocycles. The van der Waals surface area contributed by atoms with E-state index in [0.29, 0.717) is 16.4 Å². The average Bonchev–Trinajstić information content (AvgIpc) is 3.00. The van der Waals surface area contributed by atoms with E-state index in [1.54, 1.807) is 12.3 Å². The van der Waals surface area contributed by atoms with E-state index in [0.717, 1.165) is 32.4 Å². The van der Waals surface area contributed by atoms with Gasteiger partial charge in [0.2, 0.25) is 0 Å². The van der Waals surface area contributed by atoms with E-state index in [4.69, 9.17) is 16.3 Å². The van der Waals surface area contributed by atoms with Crippen molar-refractivity contribution in [3.63, 3.8) is 0 Å². The molecule has 2 N–H and O–H groups in total. The Morgan fingerprint density at radius 3 is 3.05 bits per heavy atom. The lowest BCUT2D eigenvalue weighted by molar-refractivity contribution is 0.0712. The Hall–Kier alpha value is -1.33. The lowest BCUT2D eigenvalue weighted by Crippen LogP contribution is -2.40. The molecule has 116 valence electrons. The van der Waals surface area contributed by atoms with Crippen LogP contribution in [0.3, 0.4) is 0 Å². The summed E-state index contributed by atoms with van der Waals surface area (Å²) < 4.78 is 5.57. The predicted octanol–water partition coefficient (Wildman–Crippen LogP) is 2.85. The summed E-state index contributed by atoms with van der Waals surface area (Å²) >= 11 is 6.14. The topological polar surface area (TPSA) is 63.2 Å². The van der Waals surface area contributed by atoms with Gasteiger partial charge in [-0.05, 0) is 32.3 Å². The minimum absolute atomic E-state index is 0.0170. The summed E-state index contributed by atoms with van der Waals surface area (Å²) in [6.07, 6.45) is 4.67. The standard InChI is InChI=1S/C15H22ClN3O2/c1-3-6-17-14-12(16)8-11(9-18-14)15(20)19-10(2)13-5-4-7-21-13/h8-10,13H,3-7H2,1-2H3,(H,17,18)(H,19,20). The van der Waals surface area contributed by atoms with Gasteiger partial charge in [0.1, 0.15) is 5.82 Å². The van der Waals surface area contributed by atoms with Crippen LogP contribution >= 0.6 is 11.6 Å². The van der Waals surface area contributed by atoms with Crippen molar-refractivity contribution in [3.8, 4) is 0 Å². The number of nitrogens with one attached hydrogen (secondary N) is 2. The van der Waals surface area contributed by atoms with Gasteiger partial charge in [0.25, 0.3) is 5.91 Å². The van der Waals surface area contributed by atoms with E-state index < -0.39 is 0 Å². The van der Waals surface area contributed by atoms with Crippen LogP contribution < -0.4 is 10.6 Å². The summed E-state index contributed by atoms with van der Waals surface area (Å²) in [6, 6.07) is 1.63. The molecule has 2 atom stereocenters. The highest BCUT2D eigenvalue weighted by atomic mass is 35.5. The number of hydrogen-bond donors (Lipinski definition) is 2. The summed E-state index contributed by atoms with van der Waals surface area (Å²) in [4.78, 5) is 16.4. The van der Waals surface area contributed by atoms with E-state index in [9.17, 15) is 4.79 Å². The smallest absolute Gasteiger partial charge is 0.253 e. The third kappa shape index (κ3) is 4.32. The highest BCUT2D eigenvalue weighted by Crippen LogP contribution is 2.21. The Kier molecular flexibility index (Phi) is 5.82. The molecule has 5 nitrogen and oxygen atoms in total. The second-order valence-electron chi connectivity index (χ2n) is 5.29. The summed E-state index contributed by atoms with van der Waals surface area (Å²) in [5.74, 6) is 0.441. The Labute approximate surface area is 130 Å². The Morgan fingerprint density at radius 1 is 1.62 bits per heavy atom. The number of ether oxygens (including phenoxy) is 1. The first-order valence-electron chi connectivity index (χ1n) is 7.43. The molecule has 0 saturated carbocycles. The van der Waals surface area contributed by atoms with Crippen LogP contribution in [-0.2, 0) is 4.74 Å². The Morgan fingerprint density at radius 2 is 2.43 bits per heavy atom. The first kappa shape index (κ1) is 16.0. The first-order chi connectivity index (χ1) is 10.1. The zero-order chi connectivity index (χ0) is 15.2. The van der Waals surface area contributed by atoms with Crippen LogP contribution in [0.15, 0.2) is 12.3 Å². The second kappa shape index (κ2) is 7.61. The SMILES string of the molecule is CCCNc1ncc(C(=O)NC(C)C2CCCO2)cc1Cl. The van der Waals surface area contributed by atoms with Crippen LogP contribution in [0.1, 0.15) is 43.5 Å². The van der Waals surface area contributed by atoms with E-state index in [1.807, 2.05) is 6.92 Å². The number of aromatic nitrogens is 1. The van der Waals surface area contributed by atoms with Gasteiger partial charge in [0.15, 0.2) is 0 Å². The van der Waals surface area contributed by atoms with Crippen molar-refractivity contribution in [2.75, 3.05) is 18.5 Å². The molecule has 1 aliphatic heterocycles. The molecule has 0 bridgehead atoms. The van der Waals surface area contributed by atoms with Gasteiger partial charge in [0, 0.05) is 19.3 Å². The molecule has 0 aliphatic carbocycles. The molecular weight excluding hydrogens is 290 g/mol. The molecule has 6 heteroatoms. The van der Waals surface area contributed by atoms with Gasteiger partial charge in [-0.2, -0.15) is 0 Å². The lowest BCUT2D eigenvalue weighted by Gasteiger charge is -2.20. The van der Waals surface area contributed by atoms with Crippen molar-refractivity contribution in [1.29, 1.82) is 0 Å². The van der Waals surface area contributed by atoms with Gasteiger partial charge >= 0.3 is 0 Å². The Balaban J connectivity index is 1.97. The fourth-order valence-electron chi connectivity index (χ4n) is 2.32. The Bertz CT molecular complexity index is 490. The lowest BCUT2D eigenvalue weighted by atomic mass is 10.1. The van der Waals surface area contributed by atoms with Crippen molar-refractivity contribution in [2.45, 2.75) is 45.3 Å². The normalized spacial score (nSPS) is 19.3.